The van der Waals surface area contributed by atoms with Crippen LogP contribution < -0.4 is 25.4 Å². The van der Waals surface area contributed by atoms with Gasteiger partial charge >= 0.3 is 0 Å². The van der Waals surface area contributed by atoms with Crippen LogP contribution in [0.1, 0.15) is 12.0 Å². The Labute approximate surface area is 181 Å². The molecule has 0 spiro atoms. The number of benzene rings is 2. The minimum atomic E-state index is -0.0702. The van der Waals surface area contributed by atoms with Crippen molar-refractivity contribution in [2.75, 3.05) is 37.5 Å². The van der Waals surface area contributed by atoms with Crippen molar-refractivity contribution in [3.05, 3.63) is 48.0 Å². The van der Waals surface area contributed by atoms with Crippen molar-refractivity contribution in [1.29, 1.82) is 0 Å². The van der Waals surface area contributed by atoms with Crippen molar-refractivity contribution >= 4 is 47.2 Å². The number of carbonyl (C=O) groups excluding carboxylic acids is 1. The molecule has 0 fully saturated rings. The van der Waals surface area contributed by atoms with E-state index in [1.165, 1.54) is 5.56 Å². The average Bonchev–Trinajstić information content (AvgIpc) is 2.71. The Bertz CT molecular complexity index is 857. The van der Waals surface area contributed by atoms with Crippen LogP contribution in [0.15, 0.2) is 47.5 Å². The van der Waals surface area contributed by atoms with Gasteiger partial charge in [0.25, 0.3) is 0 Å². The number of guanidine groups is 1. The molecular weight excluding hydrogens is 471 g/mol. The van der Waals surface area contributed by atoms with E-state index >= 15 is 0 Å². The fourth-order valence-electron chi connectivity index (χ4n) is 3.13. The molecule has 150 valence electrons. The molecule has 2 aromatic carbocycles. The molecule has 1 heterocycles. The molecule has 1 aliphatic heterocycles. The van der Waals surface area contributed by atoms with Gasteiger partial charge in [0.15, 0.2) is 17.5 Å². The first kappa shape index (κ1) is 21.8. The van der Waals surface area contributed by atoms with Gasteiger partial charge in [-0.05, 0) is 36.6 Å². The number of nitrogens with zero attached hydrogens (tertiary/aromatic N) is 2. The minimum absolute atomic E-state index is 0. The Balaban J connectivity index is 0.00000280. The largest absolute Gasteiger partial charge is 0.493 e. The Morgan fingerprint density at radius 3 is 2.68 bits per heavy atom. The third-order valence-electron chi connectivity index (χ3n) is 4.45. The SMILES string of the molecule is COc1ccc(NC(N)=NCC(=O)N2CCCc3ccccc32)cc1OC.I. The predicted molar refractivity (Wildman–Crippen MR) is 122 cm³/mol. The third-order valence-corrected chi connectivity index (χ3v) is 4.45. The van der Waals surface area contributed by atoms with E-state index in [1.54, 1.807) is 37.3 Å². The van der Waals surface area contributed by atoms with Crippen LogP contribution in [0.2, 0.25) is 0 Å². The molecular formula is C20H25IN4O3. The zero-order chi connectivity index (χ0) is 19.2. The maximum Gasteiger partial charge on any atom is 0.248 e. The summed E-state index contributed by atoms with van der Waals surface area (Å²) in [6.45, 7) is 0.689. The summed E-state index contributed by atoms with van der Waals surface area (Å²) in [5, 5.41) is 2.97. The summed E-state index contributed by atoms with van der Waals surface area (Å²) in [6, 6.07) is 13.3. The van der Waals surface area contributed by atoms with Crippen molar-refractivity contribution in [3.8, 4) is 11.5 Å². The van der Waals surface area contributed by atoms with Crippen LogP contribution in [0.5, 0.6) is 11.5 Å². The number of nitrogens with one attached hydrogen (secondary N) is 1. The lowest BCUT2D eigenvalue weighted by Crippen LogP contribution is -2.37. The molecule has 28 heavy (non-hydrogen) atoms. The van der Waals surface area contributed by atoms with Gasteiger partial charge in [-0.2, -0.15) is 0 Å². The van der Waals surface area contributed by atoms with Crippen LogP contribution in [0.3, 0.4) is 0 Å². The summed E-state index contributed by atoms with van der Waals surface area (Å²) in [5.74, 6) is 1.30. The summed E-state index contributed by atoms with van der Waals surface area (Å²) >= 11 is 0. The summed E-state index contributed by atoms with van der Waals surface area (Å²) in [5.41, 5.74) is 8.80. The number of aliphatic imine (C=N–C) groups is 1. The van der Waals surface area contributed by atoms with Crippen molar-refractivity contribution in [2.45, 2.75) is 12.8 Å². The van der Waals surface area contributed by atoms with E-state index in [4.69, 9.17) is 15.2 Å². The van der Waals surface area contributed by atoms with Crippen LogP contribution in [-0.4, -0.2) is 39.2 Å². The number of halogens is 1. The van der Waals surface area contributed by atoms with E-state index in [0.717, 1.165) is 18.5 Å². The van der Waals surface area contributed by atoms with E-state index in [0.29, 0.717) is 23.7 Å². The molecule has 0 aliphatic carbocycles. The zero-order valence-electron chi connectivity index (χ0n) is 16.0. The lowest BCUT2D eigenvalue weighted by molar-refractivity contribution is -0.117. The number of hydrogen-bond donors (Lipinski definition) is 2. The van der Waals surface area contributed by atoms with Crippen LogP contribution in [0, 0.1) is 0 Å². The van der Waals surface area contributed by atoms with E-state index in [2.05, 4.69) is 16.4 Å². The second-order valence-electron chi connectivity index (χ2n) is 6.17. The van der Waals surface area contributed by atoms with Crippen molar-refractivity contribution in [2.24, 2.45) is 10.7 Å². The lowest BCUT2D eigenvalue weighted by atomic mass is 10.0. The van der Waals surface area contributed by atoms with Crippen molar-refractivity contribution in [3.63, 3.8) is 0 Å². The Kier molecular flexibility index (Phi) is 7.91. The summed E-state index contributed by atoms with van der Waals surface area (Å²) in [7, 11) is 3.14. The number of methoxy groups -OCH3 is 2. The first-order chi connectivity index (χ1) is 13.1. The minimum Gasteiger partial charge on any atom is -0.493 e. The molecule has 3 rings (SSSR count). The highest BCUT2D eigenvalue weighted by Crippen LogP contribution is 2.29. The fraction of sp³-hybridized carbons (Fsp3) is 0.300. The van der Waals surface area contributed by atoms with Gasteiger partial charge in [-0.25, -0.2) is 4.99 Å². The molecule has 0 aromatic heterocycles. The van der Waals surface area contributed by atoms with Crippen molar-refractivity contribution in [1.82, 2.24) is 0 Å². The molecule has 0 saturated heterocycles. The van der Waals surface area contributed by atoms with Gasteiger partial charge in [-0.1, -0.05) is 18.2 Å². The molecule has 0 unspecified atom stereocenters. The number of carbonyl (C=O) groups is 1. The standard InChI is InChI=1S/C20H24N4O3.HI/c1-26-17-10-9-15(12-18(17)27-2)23-20(21)22-13-19(25)24-11-5-7-14-6-3-4-8-16(14)24;/h3-4,6,8-10,12H,5,7,11,13H2,1-2H3,(H3,21,22,23);1H. The molecule has 0 radical (unpaired) electrons. The second kappa shape index (κ2) is 10.2. The number of anilines is 2. The molecule has 8 heteroatoms. The number of hydrogen-bond acceptors (Lipinski definition) is 4. The fourth-order valence-corrected chi connectivity index (χ4v) is 3.13. The zero-order valence-corrected chi connectivity index (χ0v) is 18.3. The van der Waals surface area contributed by atoms with Gasteiger partial charge < -0.3 is 25.4 Å². The number of rotatable bonds is 5. The summed E-state index contributed by atoms with van der Waals surface area (Å²) in [4.78, 5) is 18.6. The Morgan fingerprint density at radius 2 is 1.93 bits per heavy atom. The summed E-state index contributed by atoms with van der Waals surface area (Å²) < 4.78 is 10.5. The van der Waals surface area contributed by atoms with Gasteiger partial charge in [0.2, 0.25) is 5.91 Å². The predicted octanol–water partition coefficient (Wildman–Crippen LogP) is 3.03. The van der Waals surface area contributed by atoms with E-state index in [-0.39, 0.29) is 42.4 Å². The van der Waals surface area contributed by atoms with Gasteiger partial charge in [-0.3, -0.25) is 4.79 Å². The van der Waals surface area contributed by atoms with Crippen LogP contribution in [-0.2, 0) is 11.2 Å². The van der Waals surface area contributed by atoms with Gasteiger partial charge in [-0.15, -0.1) is 24.0 Å². The molecule has 2 aromatic rings. The first-order valence-electron chi connectivity index (χ1n) is 8.79. The molecule has 7 nitrogen and oxygen atoms in total. The lowest BCUT2D eigenvalue weighted by Gasteiger charge is -2.29. The maximum atomic E-state index is 12.6. The van der Waals surface area contributed by atoms with Gasteiger partial charge in [0.1, 0.15) is 6.54 Å². The number of para-hydroxylation sites is 1. The van der Waals surface area contributed by atoms with Gasteiger partial charge in [0.05, 0.1) is 14.2 Å². The quantitative estimate of drug-likeness (QED) is 0.378. The van der Waals surface area contributed by atoms with E-state index in [1.807, 2.05) is 18.2 Å². The summed E-state index contributed by atoms with van der Waals surface area (Å²) in [6.07, 6.45) is 1.94. The molecule has 0 atom stereocenters. The number of ether oxygens (including phenoxy) is 2. The molecule has 1 aliphatic rings. The molecule has 3 N–H and O–H groups in total. The monoisotopic (exact) mass is 496 g/mol. The Hall–Kier alpha value is -2.49. The number of aryl methyl sites for hydroxylation is 1. The second-order valence-corrected chi connectivity index (χ2v) is 6.17. The van der Waals surface area contributed by atoms with E-state index < -0.39 is 0 Å². The number of nitrogens with two attached hydrogens (primary N) is 1. The topological polar surface area (TPSA) is 89.2 Å². The van der Waals surface area contributed by atoms with Crippen molar-refractivity contribution < 1.29 is 14.3 Å². The van der Waals surface area contributed by atoms with Crippen LogP contribution in [0.4, 0.5) is 11.4 Å². The molecule has 1 amide bonds. The highest BCUT2D eigenvalue weighted by atomic mass is 127. The number of fused-ring (bicyclic) bond motifs is 1. The maximum absolute atomic E-state index is 12.6. The normalized spacial score (nSPS) is 13.2. The smallest absolute Gasteiger partial charge is 0.248 e. The number of amides is 1. The third kappa shape index (κ3) is 5.06. The molecule has 0 bridgehead atoms. The van der Waals surface area contributed by atoms with Crippen LogP contribution in [0.25, 0.3) is 0 Å². The average molecular weight is 496 g/mol. The van der Waals surface area contributed by atoms with Gasteiger partial charge in [0, 0.05) is 24.0 Å². The Morgan fingerprint density at radius 1 is 1.18 bits per heavy atom. The van der Waals surface area contributed by atoms with E-state index in [9.17, 15) is 4.79 Å². The highest BCUT2D eigenvalue weighted by Gasteiger charge is 2.21. The highest BCUT2D eigenvalue weighted by molar-refractivity contribution is 14.0. The van der Waals surface area contributed by atoms with Crippen LogP contribution >= 0.6 is 24.0 Å². The first-order valence-corrected chi connectivity index (χ1v) is 8.79. The molecule has 0 saturated carbocycles.